The normalized spacial score (nSPS) is 9.41. The molecule has 0 fully saturated rings. The largest absolute Gasteiger partial charge is 0.398 e. The molecule has 17 heavy (non-hydrogen) atoms. The van der Waals surface area contributed by atoms with Gasteiger partial charge < -0.3 is 5.73 Å². The molecular formula is C14H15Cl2N. The highest BCUT2D eigenvalue weighted by Gasteiger charge is 1.91. The first-order chi connectivity index (χ1) is 7.36. The zero-order valence-electron chi connectivity index (χ0n) is 9.24. The summed E-state index contributed by atoms with van der Waals surface area (Å²) < 4.78 is 0. The minimum atomic E-state index is 0. The number of nitrogen functional groups attached to an aromatic ring is 1. The van der Waals surface area contributed by atoms with Crippen LogP contribution in [-0.4, -0.2) is 0 Å². The molecule has 2 N–H and O–H groups in total. The van der Waals surface area contributed by atoms with Crippen LogP contribution in [0.5, 0.6) is 0 Å². The average molecular weight is 268 g/mol. The van der Waals surface area contributed by atoms with Crippen LogP contribution in [0.15, 0.2) is 54.6 Å². The van der Waals surface area contributed by atoms with Gasteiger partial charge in [0.2, 0.25) is 0 Å². The van der Waals surface area contributed by atoms with Crippen LogP contribution in [-0.2, 0) is 0 Å². The molecule has 0 unspecified atom stereocenters. The summed E-state index contributed by atoms with van der Waals surface area (Å²) in [6, 6.07) is 18.0. The average Bonchev–Trinajstić information content (AvgIpc) is 2.29. The second-order valence-corrected chi connectivity index (χ2v) is 3.37. The zero-order chi connectivity index (χ0) is 10.5. The summed E-state index contributed by atoms with van der Waals surface area (Å²) in [4.78, 5) is 0. The molecule has 0 aliphatic carbocycles. The standard InChI is InChI=1S/C14H13N.2ClH/c15-14-9-5-4-8-13(14)11-10-12-6-2-1-3-7-12;;/h1-11H,15H2;2*1H. The molecule has 0 spiro atoms. The van der Waals surface area contributed by atoms with E-state index < -0.39 is 0 Å². The maximum absolute atomic E-state index is 5.83. The fraction of sp³-hybridized carbons (Fsp3) is 0. The van der Waals surface area contributed by atoms with Crippen molar-refractivity contribution in [2.24, 2.45) is 0 Å². The number of hydrogen-bond acceptors (Lipinski definition) is 1. The van der Waals surface area contributed by atoms with Crippen molar-refractivity contribution in [2.45, 2.75) is 0 Å². The van der Waals surface area contributed by atoms with Crippen LogP contribution < -0.4 is 5.73 Å². The van der Waals surface area contributed by atoms with Gasteiger partial charge in [-0.25, -0.2) is 0 Å². The number of rotatable bonds is 2. The summed E-state index contributed by atoms with van der Waals surface area (Å²) in [5.74, 6) is 0. The monoisotopic (exact) mass is 267 g/mol. The molecule has 1 nitrogen and oxygen atoms in total. The Morgan fingerprint density at radius 1 is 0.706 bits per heavy atom. The van der Waals surface area contributed by atoms with Crippen LogP contribution in [0.25, 0.3) is 12.2 Å². The van der Waals surface area contributed by atoms with Crippen molar-refractivity contribution >= 4 is 42.7 Å². The molecule has 0 amide bonds. The second-order valence-electron chi connectivity index (χ2n) is 3.37. The minimum absolute atomic E-state index is 0. The van der Waals surface area contributed by atoms with Crippen LogP contribution in [0, 0.1) is 0 Å². The van der Waals surface area contributed by atoms with Crippen molar-refractivity contribution in [3.8, 4) is 0 Å². The highest BCUT2D eigenvalue weighted by Crippen LogP contribution is 2.14. The third-order valence-electron chi connectivity index (χ3n) is 2.25. The number of hydrogen-bond donors (Lipinski definition) is 1. The van der Waals surface area contributed by atoms with E-state index in [1.54, 1.807) is 0 Å². The first kappa shape index (κ1) is 15.6. The lowest BCUT2D eigenvalue weighted by Gasteiger charge is -1.98. The fourth-order valence-electron chi connectivity index (χ4n) is 1.41. The van der Waals surface area contributed by atoms with Gasteiger partial charge in [-0.1, -0.05) is 60.7 Å². The molecule has 0 radical (unpaired) electrons. The van der Waals surface area contributed by atoms with Gasteiger partial charge in [-0.3, -0.25) is 0 Å². The predicted molar refractivity (Wildman–Crippen MR) is 80.7 cm³/mol. The molecule has 0 saturated heterocycles. The van der Waals surface area contributed by atoms with E-state index in [0.29, 0.717) is 0 Å². The lowest BCUT2D eigenvalue weighted by Crippen LogP contribution is -1.87. The highest BCUT2D eigenvalue weighted by molar-refractivity contribution is 5.85. The number of halogens is 2. The van der Waals surface area contributed by atoms with Gasteiger partial charge in [-0.2, -0.15) is 0 Å². The number of para-hydroxylation sites is 1. The van der Waals surface area contributed by atoms with Gasteiger partial charge in [0.05, 0.1) is 0 Å². The lowest BCUT2D eigenvalue weighted by atomic mass is 10.1. The quantitative estimate of drug-likeness (QED) is 0.638. The van der Waals surface area contributed by atoms with Crippen molar-refractivity contribution in [3.05, 3.63) is 65.7 Å². The van der Waals surface area contributed by atoms with Crippen LogP contribution >= 0.6 is 24.8 Å². The molecule has 2 rings (SSSR count). The molecule has 0 bridgehead atoms. The van der Waals surface area contributed by atoms with Gasteiger partial charge in [-0.05, 0) is 17.2 Å². The van der Waals surface area contributed by atoms with Crippen molar-refractivity contribution in [1.82, 2.24) is 0 Å². The van der Waals surface area contributed by atoms with Gasteiger partial charge in [0.1, 0.15) is 0 Å². The molecule has 0 saturated carbocycles. The Morgan fingerprint density at radius 2 is 1.29 bits per heavy atom. The first-order valence-corrected chi connectivity index (χ1v) is 4.94. The third kappa shape index (κ3) is 4.51. The van der Waals surface area contributed by atoms with Crippen LogP contribution in [0.1, 0.15) is 11.1 Å². The predicted octanol–water partition coefficient (Wildman–Crippen LogP) is 4.28. The SMILES string of the molecule is Cl.Cl.Nc1ccccc1C=Cc1ccccc1. The molecule has 90 valence electrons. The van der Waals surface area contributed by atoms with Gasteiger partial charge in [-0.15, -0.1) is 24.8 Å². The smallest absolute Gasteiger partial charge is 0.0387 e. The van der Waals surface area contributed by atoms with E-state index in [1.165, 1.54) is 5.56 Å². The van der Waals surface area contributed by atoms with Gasteiger partial charge in [0, 0.05) is 5.69 Å². The molecule has 0 atom stereocenters. The van der Waals surface area contributed by atoms with E-state index in [1.807, 2.05) is 48.5 Å². The van der Waals surface area contributed by atoms with E-state index in [9.17, 15) is 0 Å². The molecule has 2 aromatic rings. The molecular weight excluding hydrogens is 253 g/mol. The Bertz CT molecular complexity index is 467. The van der Waals surface area contributed by atoms with Crippen molar-refractivity contribution in [2.75, 3.05) is 5.73 Å². The molecule has 0 heterocycles. The fourth-order valence-corrected chi connectivity index (χ4v) is 1.41. The number of benzene rings is 2. The van der Waals surface area contributed by atoms with Gasteiger partial charge in [0.15, 0.2) is 0 Å². The zero-order valence-corrected chi connectivity index (χ0v) is 10.9. The van der Waals surface area contributed by atoms with E-state index in [2.05, 4.69) is 18.2 Å². The Labute approximate surface area is 114 Å². The number of nitrogens with two attached hydrogens (primary N) is 1. The summed E-state index contributed by atoms with van der Waals surface area (Å²) in [5.41, 5.74) is 8.88. The maximum atomic E-state index is 5.83. The van der Waals surface area contributed by atoms with Crippen LogP contribution in [0.4, 0.5) is 5.69 Å². The van der Waals surface area contributed by atoms with Gasteiger partial charge in [0.25, 0.3) is 0 Å². The molecule has 3 heteroatoms. The van der Waals surface area contributed by atoms with E-state index in [0.717, 1.165) is 11.3 Å². The Morgan fingerprint density at radius 3 is 1.94 bits per heavy atom. The van der Waals surface area contributed by atoms with Gasteiger partial charge >= 0.3 is 0 Å². The second kappa shape index (κ2) is 7.77. The van der Waals surface area contributed by atoms with Crippen molar-refractivity contribution < 1.29 is 0 Å². The summed E-state index contributed by atoms with van der Waals surface area (Å²) in [5, 5.41) is 0. The Hall–Kier alpha value is -1.44. The molecule has 0 aliphatic rings. The maximum Gasteiger partial charge on any atom is 0.0387 e. The molecule has 0 aliphatic heterocycles. The first-order valence-electron chi connectivity index (χ1n) is 4.94. The van der Waals surface area contributed by atoms with Crippen molar-refractivity contribution in [1.29, 1.82) is 0 Å². The summed E-state index contributed by atoms with van der Waals surface area (Å²) >= 11 is 0. The lowest BCUT2D eigenvalue weighted by molar-refractivity contribution is 1.63. The Balaban J connectivity index is 0.00000128. The summed E-state index contributed by atoms with van der Waals surface area (Å²) in [6.07, 6.45) is 4.09. The summed E-state index contributed by atoms with van der Waals surface area (Å²) in [6.45, 7) is 0. The number of anilines is 1. The topological polar surface area (TPSA) is 26.0 Å². The third-order valence-corrected chi connectivity index (χ3v) is 2.25. The van der Waals surface area contributed by atoms with Crippen LogP contribution in [0.2, 0.25) is 0 Å². The molecule has 0 aromatic heterocycles. The van der Waals surface area contributed by atoms with Crippen LogP contribution in [0.3, 0.4) is 0 Å². The highest BCUT2D eigenvalue weighted by atomic mass is 35.5. The minimum Gasteiger partial charge on any atom is -0.398 e. The van der Waals surface area contributed by atoms with Crippen molar-refractivity contribution in [3.63, 3.8) is 0 Å². The van der Waals surface area contributed by atoms with E-state index in [-0.39, 0.29) is 24.8 Å². The summed E-state index contributed by atoms with van der Waals surface area (Å²) in [7, 11) is 0. The molecule has 2 aromatic carbocycles. The van der Waals surface area contributed by atoms with E-state index in [4.69, 9.17) is 5.73 Å². The van der Waals surface area contributed by atoms with E-state index >= 15 is 0 Å². The Kier molecular flexibility index (Phi) is 7.11.